The molecule has 35 heavy (non-hydrogen) atoms. The van der Waals surface area contributed by atoms with Gasteiger partial charge in [0.05, 0.1) is 31.2 Å². The molecule has 0 atom stereocenters. The largest absolute Gasteiger partial charge is 0.493 e. The number of carbonyl (C=O) groups is 1. The van der Waals surface area contributed by atoms with E-state index in [1.165, 1.54) is 0 Å². The van der Waals surface area contributed by atoms with Crippen LogP contribution in [0.5, 0.6) is 11.5 Å². The quantitative estimate of drug-likeness (QED) is 0.293. The van der Waals surface area contributed by atoms with Gasteiger partial charge in [-0.15, -0.1) is 6.58 Å². The number of hydrogen-bond donors (Lipinski definition) is 1. The zero-order valence-electron chi connectivity index (χ0n) is 20.1. The molecule has 1 amide bonds. The Bertz CT molecular complexity index is 1280. The minimum Gasteiger partial charge on any atom is -0.493 e. The second-order valence-corrected chi connectivity index (χ2v) is 8.26. The lowest BCUT2D eigenvalue weighted by Crippen LogP contribution is -2.25. The summed E-state index contributed by atoms with van der Waals surface area (Å²) < 4.78 is 13.7. The van der Waals surface area contributed by atoms with Gasteiger partial charge in [-0.25, -0.2) is 4.98 Å². The van der Waals surface area contributed by atoms with Gasteiger partial charge in [0.1, 0.15) is 12.4 Å². The van der Waals surface area contributed by atoms with E-state index in [0.29, 0.717) is 44.0 Å². The van der Waals surface area contributed by atoms with Crippen molar-refractivity contribution in [1.82, 2.24) is 14.9 Å². The molecule has 0 unspecified atom stereocenters. The highest BCUT2D eigenvalue weighted by atomic mass is 16.5. The normalized spacial score (nSPS) is 10.8. The lowest BCUT2D eigenvalue weighted by molar-refractivity contribution is -0.121. The Morgan fingerprint density at radius 3 is 2.63 bits per heavy atom. The van der Waals surface area contributed by atoms with Gasteiger partial charge in [-0.1, -0.05) is 54.6 Å². The van der Waals surface area contributed by atoms with Crippen LogP contribution >= 0.6 is 0 Å². The van der Waals surface area contributed by atoms with E-state index in [-0.39, 0.29) is 5.91 Å². The maximum absolute atomic E-state index is 12.5. The van der Waals surface area contributed by atoms with Gasteiger partial charge in [-0.05, 0) is 48.2 Å². The maximum atomic E-state index is 12.5. The van der Waals surface area contributed by atoms with Crippen molar-refractivity contribution in [3.8, 4) is 11.5 Å². The summed E-state index contributed by atoms with van der Waals surface area (Å²) in [5.41, 5.74) is 4.18. The minimum absolute atomic E-state index is 0.00746. The maximum Gasteiger partial charge on any atom is 0.220 e. The summed E-state index contributed by atoms with van der Waals surface area (Å²) in [5, 5.41) is 3.02. The Morgan fingerprint density at radius 1 is 1.03 bits per heavy atom. The van der Waals surface area contributed by atoms with Crippen molar-refractivity contribution in [2.45, 2.75) is 32.4 Å². The molecule has 0 saturated heterocycles. The van der Waals surface area contributed by atoms with E-state index in [2.05, 4.69) is 16.5 Å². The molecule has 1 N–H and O–H groups in total. The van der Waals surface area contributed by atoms with Gasteiger partial charge in [0, 0.05) is 6.42 Å². The van der Waals surface area contributed by atoms with Crippen LogP contribution in [-0.4, -0.2) is 29.2 Å². The third kappa shape index (κ3) is 6.29. The number of fused-ring (bicyclic) bond motifs is 1. The van der Waals surface area contributed by atoms with E-state index in [0.717, 1.165) is 34.4 Å². The fourth-order valence-corrected chi connectivity index (χ4v) is 4.05. The van der Waals surface area contributed by atoms with Crippen molar-refractivity contribution in [3.05, 3.63) is 102 Å². The molecular formula is C29H31N3O3. The number of aromatic nitrogens is 2. The summed E-state index contributed by atoms with van der Waals surface area (Å²) in [6.07, 6.45) is 3.79. The molecule has 0 spiro atoms. The van der Waals surface area contributed by atoms with Crippen molar-refractivity contribution in [3.63, 3.8) is 0 Å². The highest BCUT2D eigenvalue weighted by Crippen LogP contribution is 2.28. The van der Waals surface area contributed by atoms with Crippen LogP contribution in [-0.2, 0) is 30.7 Å². The number of nitrogens with one attached hydrogen (secondary N) is 1. The molecule has 6 heteroatoms. The van der Waals surface area contributed by atoms with E-state index < -0.39 is 0 Å². The Labute approximate surface area is 206 Å². The number of amides is 1. The zero-order valence-corrected chi connectivity index (χ0v) is 20.1. The summed E-state index contributed by atoms with van der Waals surface area (Å²) >= 11 is 0. The summed E-state index contributed by atoms with van der Waals surface area (Å²) in [5.74, 6) is 2.20. The van der Waals surface area contributed by atoms with Crippen LogP contribution in [0.15, 0.2) is 85.5 Å². The molecule has 1 heterocycles. The average molecular weight is 470 g/mol. The molecule has 1 aromatic heterocycles. The van der Waals surface area contributed by atoms with Crippen molar-refractivity contribution >= 4 is 16.9 Å². The van der Waals surface area contributed by atoms with E-state index in [1.807, 2.05) is 78.9 Å². The van der Waals surface area contributed by atoms with Crippen LogP contribution in [0.3, 0.4) is 0 Å². The monoisotopic (exact) mass is 469 g/mol. The predicted molar refractivity (Wildman–Crippen MR) is 139 cm³/mol. The highest BCUT2D eigenvalue weighted by Gasteiger charge is 2.13. The van der Waals surface area contributed by atoms with Crippen molar-refractivity contribution in [1.29, 1.82) is 0 Å². The molecular weight excluding hydrogens is 438 g/mol. The molecule has 180 valence electrons. The second-order valence-electron chi connectivity index (χ2n) is 8.26. The lowest BCUT2D eigenvalue weighted by Gasteiger charge is -2.14. The minimum atomic E-state index is 0.00746. The average Bonchev–Trinajstić information content (AvgIpc) is 3.25. The number of allylic oxidation sites excluding steroid dienone is 1. The molecule has 0 aliphatic rings. The SMILES string of the molecule is C=CCc1ccc(OCCn2c(CNC(=O)CCc3ccccc3)nc3ccccc32)c(OC)c1. The van der Waals surface area contributed by atoms with E-state index >= 15 is 0 Å². The van der Waals surface area contributed by atoms with E-state index in [4.69, 9.17) is 14.5 Å². The Morgan fingerprint density at radius 2 is 1.83 bits per heavy atom. The van der Waals surface area contributed by atoms with E-state index in [1.54, 1.807) is 7.11 Å². The Kier molecular flexibility index (Phi) is 8.17. The van der Waals surface area contributed by atoms with Crippen LogP contribution in [0.4, 0.5) is 0 Å². The third-order valence-corrected chi connectivity index (χ3v) is 5.84. The number of rotatable bonds is 12. The summed E-state index contributed by atoms with van der Waals surface area (Å²) in [4.78, 5) is 17.2. The number of methoxy groups -OCH3 is 1. The number of benzene rings is 3. The van der Waals surface area contributed by atoms with Crippen LogP contribution in [0.1, 0.15) is 23.4 Å². The van der Waals surface area contributed by atoms with Gasteiger partial charge >= 0.3 is 0 Å². The number of aryl methyl sites for hydroxylation is 1. The van der Waals surface area contributed by atoms with Gasteiger partial charge < -0.3 is 19.4 Å². The van der Waals surface area contributed by atoms with Crippen LogP contribution in [0.25, 0.3) is 11.0 Å². The molecule has 4 rings (SSSR count). The van der Waals surface area contributed by atoms with Gasteiger partial charge in [0.2, 0.25) is 5.91 Å². The van der Waals surface area contributed by atoms with Crippen LogP contribution in [0, 0.1) is 0 Å². The molecule has 0 aliphatic carbocycles. The summed E-state index contributed by atoms with van der Waals surface area (Å²) in [7, 11) is 1.64. The smallest absolute Gasteiger partial charge is 0.220 e. The topological polar surface area (TPSA) is 65.4 Å². The third-order valence-electron chi connectivity index (χ3n) is 5.84. The summed E-state index contributed by atoms with van der Waals surface area (Å²) in [6.45, 7) is 5.18. The van der Waals surface area contributed by atoms with E-state index in [9.17, 15) is 4.79 Å². The Balaban J connectivity index is 1.40. The van der Waals surface area contributed by atoms with Crippen LogP contribution < -0.4 is 14.8 Å². The molecule has 0 aliphatic heterocycles. The van der Waals surface area contributed by atoms with Gasteiger partial charge in [0.15, 0.2) is 11.5 Å². The highest BCUT2D eigenvalue weighted by molar-refractivity contribution is 5.77. The molecule has 0 saturated carbocycles. The number of ether oxygens (including phenoxy) is 2. The first-order chi connectivity index (χ1) is 17.2. The molecule has 0 bridgehead atoms. The first-order valence-corrected chi connectivity index (χ1v) is 11.8. The molecule has 3 aromatic carbocycles. The number of nitrogens with zero attached hydrogens (tertiary/aromatic N) is 2. The fraction of sp³-hybridized carbons (Fsp3) is 0.241. The fourth-order valence-electron chi connectivity index (χ4n) is 4.05. The molecule has 0 fully saturated rings. The first kappa shape index (κ1) is 24.1. The summed E-state index contributed by atoms with van der Waals surface area (Å²) in [6, 6.07) is 23.9. The number of imidazole rings is 1. The standard InChI is InChI=1S/C29H31N3O3/c1-3-9-23-14-16-26(27(20-23)34-2)35-19-18-32-25-13-8-7-12-24(25)31-28(32)21-30-29(33)17-15-22-10-5-4-6-11-22/h3-8,10-14,16,20H,1,9,15,17-19,21H2,2H3,(H,30,33). The van der Waals surface area contributed by atoms with Crippen molar-refractivity contribution in [2.75, 3.05) is 13.7 Å². The molecule has 6 nitrogen and oxygen atoms in total. The zero-order chi connectivity index (χ0) is 24.5. The first-order valence-electron chi connectivity index (χ1n) is 11.8. The lowest BCUT2D eigenvalue weighted by atomic mass is 10.1. The van der Waals surface area contributed by atoms with Gasteiger partial charge in [0.25, 0.3) is 0 Å². The van der Waals surface area contributed by atoms with Crippen molar-refractivity contribution in [2.24, 2.45) is 0 Å². The number of carbonyl (C=O) groups excluding carboxylic acids is 1. The van der Waals surface area contributed by atoms with Crippen molar-refractivity contribution < 1.29 is 14.3 Å². The number of para-hydroxylation sites is 2. The molecule has 0 radical (unpaired) electrons. The van der Waals surface area contributed by atoms with Crippen LogP contribution in [0.2, 0.25) is 0 Å². The molecule has 4 aromatic rings. The Hall–Kier alpha value is -4.06. The predicted octanol–water partition coefficient (Wildman–Crippen LogP) is 5.10. The van der Waals surface area contributed by atoms with Gasteiger partial charge in [-0.2, -0.15) is 0 Å². The second kappa shape index (κ2) is 11.9. The van der Waals surface area contributed by atoms with Gasteiger partial charge in [-0.3, -0.25) is 4.79 Å². The number of hydrogen-bond acceptors (Lipinski definition) is 4.